The van der Waals surface area contributed by atoms with Crippen LogP contribution in [0.15, 0.2) is 72.8 Å². The minimum absolute atomic E-state index is 0.0737. The van der Waals surface area contributed by atoms with Crippen molar-refractivity contribution in [2.45, 2.75) is 212 Å². The number of nitrogens with zero attached hydrogens (tertiary/aromatic N) is 3. The summed E-state index contributed by atoms with van der Waals surface area (Å²) in [6.07, 6.45) is 17.2. The van der Waals surface area contributed by atoms with E-state index in [1.165, 1.54) is 116 Å². The average molecular weight is 1170 g/mol. The predicted molar refractivity (Wildman–Crippen MR) is 327 cm³/mol. The second-order valence-corrected chi connectivity index (χ2v) is 24.2. The van der Waals surface area contributed by atoms with Gasteiger partial charge in [-0.3, -0.25) is 29.8 Å². The van der Waals surface area contributed by atoms with Gasteiger partial charge in [0.05, 0.1) is 43.5 Å². The van der Waals surface area contributed by atoms with E-state index in [1.54, 1.807) is 26.8 Å². The van der Waals surface area contributed by atoms with Gasteiger partial charge in [-0.2, -0.15) is 0 Å². The molecule has 5 amide bonds. The number of esters is 2. The van der Waals surface area contributed by atoms with E-state index < -0.39 is 41.4 Å². The fourth-order valence-electron chi connectivity index (χ4n) is 11.0. The van der Waals surface area contributed by atoms with Crippen LogP contribution in [0, 0.1) is 0 Å². The summed E-state index contributed by atoms with van der Waals surface area (Å²) >= 11 is 0. The van der Waals surface area contributed by atoms with E-state index in [0.29, 0.717) is 37.3 Å². The van der Waals surface area contributed by atoms with Crippen LogP contribution in [0.3, 0.4) is 0 Å². The number of carbonyl (C=O) groups is 8. The number of nitrogens with one attached hydrogen (secondary N) is 5. The number of methoxy groups -OCH3 is 2. The van der Waals surface area contributed by atoms with Gasteiger partial charge < -0.3 is 49.6 Å². The Balaban J connectivity index is 0.000000216. The first kappa shape index (κ1) is 67.4. The van der Waals surface area contributed by atoms with E-state index in [4.69, 9.17) is 14.2 Å². The predicted octanol–water partition coefficient (Wildman–Crippen LogP) is 10.5. The number of para-hydroxylation sites is 5. The van der Waals surface area contributed by atoms with Gasteiger partial charge in [0.1, 0.15) is 29.3 Å². The molecule has 3 aromatic carbocycles. The van der Waals surface area contributed by atoms with E-state index in [-0.39, 0.29) is 48.1 Å². The minimum Gasteiger partial charge on any atom is -0.467 e. The number of Topliss-reactive ketones (excluding diaryl/α,β-unsaturated/α-hetero) is 1. The van der Waals surface area contributed by atoms with Crippen molar-refractivity contribution in [1.82, 2.24) is 15.5 Å². The third-order valence-electron chi connectivity index (χ3n) is 15.0. The number of hydrogen-bond donors (Lipinski definition) is 5. The highest BCUT2D eigenvalue weighted by Gasteiger charge is 2.43. The Morgan fingerprint density at radius 1 is 0.619 bits per heavy atom. The van der Waals surface area contributed by atoms with Gasteiger partial charge in [-0.25, -0.2) is 19.2 Å². The van der Waals surface area contributed by atoms with Crippen LogP contribution in [-0.2, 0) is 54.1 Å². The second kappa shape index (κ2) is 32.6. The molecule has 2 heterocycles. The molecule has 4 fully saturated rings. The lowest BCUT2D eigenvalue weighted by atomic mass is 9.93. The molecule has 462 valence electrons. The summed E-state index contributed by atoms with van der Waals surface area (Å²) in [7, 11) is 2.62. The summed E-state index contributed by atoms with van der Waals surface area (Å²) in [5.41, 5.74) is 4.27. The highest BCUT2D eigenvalue weighted by atomic mass is 16.6. The van der Waals surface area contributed by atoms with Crippen LogP contribution >= 0.6 is 0 Å². The molecular formula is C64H94N8O12. The van der Waals surface area contributed by atoms with Gasteiger partial charge in [-0.1, -0.05) is 100 Å². The monoisotopic (exact) mass is 1170 g/mol. The molecular weight excluding hydrogens is 1070 g/mol. The summed E-state index contributed by atoms with van der Waals surface area (Å²) < 4.78 is 20.1. The minimum atomic E-state index is -0.820. The number of hydrogen-bond acceptors (Lipinski definition) is 15. The first-order valence-corrected chi connectivity index (χ1v) is 29.9. The molecule has 0 radical (unpaired) electrons. The number of anilines is 5. The van der Waals surface area contributed by atoms with Crippen LogP contribution in [-0.4, -0.2) is 134 Å². The first-order valence-electron chi connectivity index (χ1n) is 29.9. The summed E-state index contributed by atoms with van der Waals surface area (Å²) in [4.78, 5) is 99.5. The smallest absolute Gasteiger partial charge is 0.412 e. The standard InChI is InChI=1S/C23H35N3O5.C18H24N2O2.C17H26N2O2.C6H9NO3/c1-16(27)24-19(21(28)30-5)15-26(17-11-7-6-8-12-17)20-14-10-9-13-18(20)25-22(29)31-23(2,3)4;1-13(21)19-16-12-20(15-8-3-2-4-9-15)17-10-6-5-7-14(17)11-18(16)22;1-17(2,3)21-16(20)19-15-12-8-7-11-14(15)18-13-9-5-4-6-10-13;1-4(8)7-3-5(7)6(9)10-2/h9-10,13-14,17,19H,6-8,11-12,15H2,1-5H3,(H,24,27)(H,25,29);5-7,10,15-16H,2-4,8-9,11-12H2,1H3,(H,19,21);7-8,11-13,18H,4-6,9-10H2,1-3H3,(H,19,20);5H,3H2,1-2H3/t19-;16-;;5-,7?/m11.1/s1. The maximum atomic E-state index is 12.5. The number of benzene rings is 3. The lowest BCUT2D eigenvalue weighted by Gasteiger charge is -2.39. The van der Waals surface area contributed by atoms with Gasteiger partial charge >= 0.3 is 24.1 Å². The average Bonchev–Trinajstić information content (AvgIpc) is 4.27. The van der Waals surface area contributed by atoms with Crippen LogP contribution in [0.2, 0.25) is 0 Å². The van der Waals surface area contributed by atoms with Crippen molar-refractivity contribution < 1.29 is 57.3 Å². The molecule has 8 rings (SSSR count). The SMILES string of the molecule is CC(=O)N[C@@H]1CN(C2CCCCC2)c2ccccc2CC1=O.CC(C)(C)OC(=O)Nc1ccccc1NC1CCCCC1.COC(=O)[C@@H](CN(c1ccccc1NC(=O)OC(C)(C)C)C1CCCCC1)NC(C)=O.COC(=O)[C@H]1CN1C(C)=O. The third-order valence-corrected chi connectivity index (χ3v) is 15.0. The number of amides is 5. The quantitative estimate of drug-likeness (QED) is 0.0607. The lowest BCUT2D eigenvalue weighted by molar-refractivity contribution is -0.144. The Morgan fingerprint density at radius 3 is 1.68 bits per heavy atom. The van der Waals surface area contributed by atoms with Gasteiger partial charge in [0, 0.05) is 64.1 Å². The number of fused-ring (bicyclic) bond motifs is 1. The number of rotatable bonds is 13. The fourth-order valence-corrected chi connectivity index (χ4v) is 11.0. The van der Waals surface area contributed by atoms with E-state index in [0.717, 1.165) is 48.3 Å². The zero-order valence-electron chi connectivity index (χ0n) is 51.6. The number of ketones is 1. The molecule has 0 spiro atoms. The Hall–Kier alpha value is -7.38. The van der Waals surface area contributed by atoms with Gasteiger partial charge in [-0.15, -0.1) is 0 Å². The van der Waals surface area contributed by atoms with Crippen LogP contribution in [0.4, 0.5) is 38.0 Å². The Kier molecular flexibility index (Phi) is 26.2. The van der Waals surface area contributed by atoms with E-state index in [9.17, 15) is 38.4 Å². The number of ether oxygens (including phenoxy) is 4. The molecule has 3 atom stereocenters. The Labute approximate surface area is 497 Å². The molecule has 3 saturated carbocycles. The van der Waals surface area contributed by atoms with Crippen molar-refractivity contribution in [2.24, 2.45) is 0 Å². The molecule has 0 unspecified atom stereocenters. The summed E-state index contributed by atoms with van der Waals surface area (Å²) in [6.45, 7) is 16.6. The van der Waals surface area contributed by atoms with Crippen molar-refractivity contribution in [1.29, 1.82) is 0 Å². The van der Waals surface area contributed by atoms with Gasteiger partial charge in [-0.05, 0) is 116 Å². The maximum absolute atomic E-state index is 12.5. The molecule has 0 aromatic heterocycles. The Bertz CT molecular complexity index is 2670. The molecule has 0 bridgehead atoms. The van der Waals surface area contributed by atoms with E-state index >= 15 is 0 Å². The zero-order chi connectivity index (χ0) is 61.6. The molecule has 20 heteroatoms. The van der Waals surface area contributed by atoms with Gasteiger partial charge in [0.25, 0.3) is 0 Å². The third kappa shape index (κ3) is 22.7. The molecule has 5 aliphatic rings. The van der Waals surface area contributed by atoms with Gasteiger partial charge in [0.2, 0.25) is 17.7 Å². The Morgan fingerprint density at radius 2 is 1.14 bits per heavy atom. The molecule has 3 aromatic rings. The van der Waals surface area contributed by atoms with Crippen molar-refractivity contribution in [3.8, 4) is 0 Å². The summed E-state index contributed by atoms with van der Waals surface area (Å²) in [5.74, 6) is -1.23. The van der Waals surface area contributed by atoms with Crippen LogP contribution in [0.5, 0.6) is 0 Å². The van der Waals surface area contributed by atoms with Crippen molar-refractivity contribution in [2.75, 3.05) is 59.6 Å². The fraction of sp³-hybridized carbons (Fsp3) is 0.594. The molecule has 5 N–H and O–H groups in total. The highest BCUT2D eigenvalue weighted by molar-refractivity contribution is 5.93. The highest BCUT2D eigenvalue weighted by Crippen LogP contribution is 2.35. The molecule has 1 saturated heterocycles. The number of carbonyl (C=O) groups excluding carboxylic acids is 8. The summed E-state index contributed by atoms with van der Waals surface area (Å²) in [5, 5.41) is 14.8. The topological polar surface area (TPSA) is 243 Å². The molecule has 3 aliphatic carbocycles. The molecule has 84 heavy (non-hydrogen) atoms. The molecule has 20 nitrogen and oxygen atoms in total. The van der Waals surface area contributed by atoms with E-state index in [1.807, 2.05) is 81.4 Å². The normalized spacial score (nSPS) is 18.4. The lowest BCUT2D eigenvalue weighted by Crippen LogP contribution is -2.51. The van der Waals surface area contributed by atoms with Gasteiger partial charge in [0.15, 0.2) is 5.78 Å². The second-order valence-electron chi connectivity index (χ2n) is 24.2. The summed E-state index contributed by atoms with van der Waals surface area (Å²) in [6, 6.07) is 23.1. The maximum Gasteiger partial charge on any atom is 0.412 e. The first-order chi connectivity index (χ1) is 39.9. The largest absolute Gasteiger partial charge is 0.467 e. The van der Waals surface area contributed by atoms with Crippen molar-refractivity contribution in [3.63, 3.8) is 0 Å². The van der Waals surface area contributed by atoms with Crippen LogP contribution < -0.4 is 36.4 Å². The van der Waals surface area contributed by atoms with Crippen LogP contribution in [0.25, 0.3) is 0 Å². The van der Waals surface area contributed by atoms with Crippen LogP contribution in [0.1, 0.15) is 164 Å². The molecule has 2 aliphatic heterocycles. The van der Waals surface area contributed by atoms with Crippen molar-refractivity contribution in [3.05, 3.63) is 78.4 Å². The van der Waals surface area contributed by atoms with E-state index in [2.05, 4.69) is 47.2 Å². The van der Waals surface area contributed by atoms with Crippen molar-refractivity contribution >= 4 is 76.1 Å². The zero-order valence-corrected chi connectivity index (χ0v) is 51.6.